The molecular formula is C16H14O4. The number of hydrogen-bond acceptors (Lipinski definition) is 4. The van der Waals surface area contributed by atoms with E-state index in [0.717, 1.165) is 21.5 Å². The van der Waals surface area contributed by atoms with Crippen molar-refractivity contribution in [3.63, 3.8) is 0 Å². The van der Waals surface area contributed by atoms with Gasteiger partial charge < -0.3 is 19.7 Å². The number of fused-ring (bicyclic) bond motifs is 3. The van der Waals surface area contributed by atoms with Crippen LogP contribution in [0.5, 0.6) is 23.0 Å². The highest BCUT2D eigenvalue weighted by Crippen LogP contribution is 2.44. The molecule has 0 spiro atoms. The Morgan fingerprint density at radius 1 is 0.850 bits per heavy atom. The van der Waals surface area contributed by atoms with Crippen molar-refractivity contribution in [1.29, 1.82) is 0 Å². The van der Waals surface area contributed by atoms with Crippen molar-refractivity contribution in [2.24, 2.45) is 0 Å². The topological polar surface area (TPSA) is 58.9 Å². The van der Waals surface area contributed by atoms with Gasteiger partial charge in [-0.3, -0.25) is 0 Å². The van der Waals surface area contributed by atoms with Crippen molar-refractivity contribution < 1.29 is 19.7 Å². The third-order valence-corrected chi connectivity index (χ3v) is 3.42. The minimum Gasteiger partial charge on any atom is -0.508 e. The van der Waals surface area contributed by atoms with Gasteiger partial charge in [0.05, 0.1) is 14.2 Å². The molecule has 0 heterocycles. The van der Waals surface area contributed by atoms with Crippen LogP contribution in [0, 0.1) is 0 Å². The molecule has 0 aromatic heterocycles. The number of hydrogen-bond donors (Lipinski definition) is 2. The maximum absolute atomic E-state index is 10.1. The Kier molecular flexibility index (Phi) is 2.79. The Morgan fingerprint density at radius 2 is 1.60 bits per heavy atom. The smallest absolute Gasteiger partial charge is 0.169 e. The second-order valence-corrected chi connectivity index (χ2v) is 4.52. The summed E-state index contributed by atoms with van der Waals surface area (Å²) in [5.74, 6) is 1.20. The molecule has 4 nitrogen and oxygen atoms in total. The molecule has 0 fully saturated rings. The van der Waals surface area contributed by atoms with Crippen LogP contribution < -0.4 is 9.47 Å². The summed E-state index contributed by atoms with van der Waals surface area (Å²) in [5, 5.41) is 23.0. The molecule has 0 aliphatic heterocycles. The van der Waals surface area contributed by atoms with E-state index in [4.69, 9.17) is 9.47 Å². The largest absolute Gasteiger partial charge is 0.508 e. The zero-order valence-corrected chi connectivity index (χ0v) is 11.2. The van der Waals surface area contributed by atoms with Crippen molar-refractivity contribution in [1.82, 2.24) is 0 Å². The maximum atomic E-state index is 10.1. The first-order valence-corrected chi connectivity index (χ1v) is 6.15. The predicted molar refractivity (Wildman–Crippen MR) is 77.9 cm³/mol. The van der Waals surface area contributed by atoms with E-state index in [2.05, 4.69) is 0 Å². The average molecular weight is 270 g/mol. The highest BCUT2D eigenvalue weighted by molar-refractivity contribution is 6.13. The van der Waals surface area contributed by atoms with E-state index in [-0.39, 0.29) is 11.5 Å². The normalized spacial score (nSPS) is 10.9. The van der Waals surface area contributed by atoms with Gasteiger partial charge in [0, 0.05) is 16.8 Å². The third kappa shape index (κ3) is 1.69. The first-order valence-electron chi connectivity index (χ1n) is 6.15. The van der Waals surface area contributed by atoms with Crippen molar-refractivity contribution in [2.45, 2.75) is 0 Å². The van der Waals surface area contributed by atoms with E-state index in [9.17, 15) is 10.2 Å². The van der Waals surface area contributed by atoms with Gasteiger partial charge >= 0.3 is 0 Å². The van der Waals surface area contributed by atoms with Gasteiger partial charge in [-0.1, -0.05) is 6.07 Å². The fourth-order valence-electron chi connectivity index (χ4n) is 2.54. The van der Waals surface area contributed by atoms with Crippen LogP contribution in [-0.4, -0.2) is 24.4 Å². The number of phenols is 2. The molecule has 0 radical (unpaired) electrons. The van der Waals surface area contributed by atoms with Crippen LogP contribution >= 0.6 is 0 Å². The van der Waals surface area contributed by atoms with E-state index in [1.165, 1.54) is 13.2 Å². The molecule has 0 amide bonds. The number of methoxy groups -OCH3 is 2. The van der Waals surface area contributed by atoms with Gasteiger partial charge in [0.15, 0.2) is 11.5 Å². The Labute approximate surface area is 115 Å². The summed E-state index contributed by atoms with van der Waals surface area (Å²) in [6, 6.07) is 10.4. The Morgan fingerprint density at radius 3 is 2.30 bits per heavy atom. The number of ether oxygens (including phenoxy) is 2. The van der Waals surface area contributed by atoms with Crippen LogP contribution in [-0.2, 0) is 0 Å². The van der Waals surface area contributed by atoms with E-state index in [0.29, 0.717) is 11.5 Å². The number of phenolic OH excluding ortho intramolecular Hbond substituents is 2. The summed E-state index contributed by atoms with van der Waals surface area (Å²) in [5.41, 5.74) is 0. The summed E-state index contributed by atoms with van der Waals surface area (Å²) < 4.78 is 10.6. The van der Waals surface area contributed by atoms with E-state index in [1.807, 2.05) is 12.1 Å². The van der Waals surface area contributed by atoms with Crippen molar-refractivity contribution in [3.05, 3.63) is 36.4 Å². The van der Waals surface area contributed by atoms with Gasteiger partial charge in [-0.25, -0.2) is 0 Å². The molecule has 20 heavy (non-hydrogen) atoms. The molecular weight excluding hydrogens is 256 g/mol. The minimum absolute atomic E-state index is 0.0254. The molecule has 0 atom stereocenters. The summed E-state index contributed by atoms with van der Waals surface area (Å²) in [6.45, 7) is 0. The van der Waals surface area contributed by atoms with Gasteiger partial charge in [0.2, 0.25) is 0 Å². The molecule has 3 aromatic rings. The standard InChI is InChI=1S/C16H14O4/c1-19-14-8-13(18)16(20-2)15-11-6-4-10(17)7-9(11)3-5-12(14)15/h3-8,17-18H,1-2H3. The molecule has 0 aliphatic rings. The lowest BCUT2D eigenvalue weighted by molar-refractivity contribution is 0.372. The monoisotopic (exact) mass is 270 g/mol. The minimum atomic E-state index is 0.0254. The van der Waals surface area contributed by atoms with Crippen LogP contribution in [0.4, 0.5) is 0 Å². The van der Waals surface area contributed by atoms with Crippen LogP contribution in [0.3, 0.4) is 0 Å². The fourth-order valence-corrected chi connectivity index (χ4v) is 2.54. The van der Waals surface area contributed by atoms with Gasteiger partial charge in [-0.05, 0) is 35.0 Å². The Balaban J connectivity index is 2.56. The molecule has 2 N–H and O–H groups in total. The highest BCUT2D eigenvalue weighted by atomic mass is 16.5. The van der Waals surface area contributed by atoms with Crippen molar-refractivity contribution in [3.8, 4) is 23.0 Å². The first kappa shape index (κ1) is 12.4. The van der Waals surface area contributed by atoms with Crippen LogP contribution in [0.15, 0.2) is 36.4 Å². The lowest BCUT2D eigenvalue weighted by Gasteiger charge is -2.14. The van der Waals surface area contributed by atoms with Crippen molar-refractivity contribution in [2.75, 3.05) is 14.2 Å². The van der Waals surface area contributed by atoms with E-state index < -0.39 is 0 Å². The number of aromatic hydroxyl groups is 2. The average Bonchev–Trinajstić information content (AvgIpc) is 2.45. The fraction of sp³-hybridized carbons (Fsp3) is 0.125. The van der Waals surface area contributed by atoms with Crippen LogP contribution in [0.1, 0.15) is 0 Å². The molecule has 0 aliphatic carbocycles. The molecule has 3 aromatic carbocycles. The first-order chi connectivity index (χ1) is 9.65. The Bertz CT molecular complexity index is 809. The van der Waals surface area contributed by atoms with E-state index in [1.54, 1.807) is 25.3 Å². The van der Waals surface area contributed by atoms with Crippen molar-refractivity contribution >= 4 is 21.5 Å². The Hall–Kier alpha value is -2.62. The van der Waals surface area contributed by atoms with Crippen LogP contribution in [0.2, 0.25) is 0 Å². The zero-order chi connectivity index (χ0) is 14.3. The summed E-state index contributed by atoms with van der Waals surface area (Å²) in [7, 11) is 3.07. The molecule has 3 rings (SSSR count). The molecule has 4 heteroatoms. The predicted octanol–water partition coefficient (Wildman–Crippen LogP) is 3.42. The van der Waals surface area contributed by atoms with Gasteiger partial charge in [-0.15, -0.1) is 0 Å². The second kappa shape index (κ2) is 4.49. The quantitative estimate of drug-likeness (QED) is 0.700. The lowest BCUT2D eigenvalue weighted by atomic mass is 9.99. The summed E-state index contributed by atoms with van der Waals surface area (Å²) in [6.07, 6.45) is 0. The third-order valence-electron chi connectivity index (χ3n) is 3.42. The second-order valence-electron chi connectivity index (χ2n) is 4.52. The molecule has 0 bridgehead atoms. The molecule has 0 unspecified atom stereocenters. The van der Waals surface area contributed by atoms with Gasteiger partial charge in [0.1, 0.15) is 11.5 Å². The maximum Gasteiger partial charge on any atom is 0.169 e. The highest BCUT2D eigenvalue weighted by Gasteiger charge is 2.15. The van der Waals surface area contributed by atoms with E-state index >= 15 is 0 Å². The molecule has 0 saturated heterocycles. The van der Waals surface area contributed by atoms with Gasteiger partial charge in [0.25, 0.3) is 0 Å². The molecule has 102 valence electrons. The SMILES string of the molecule is COc1cc(O)c(OC)c2c1ccc1cc(O)ccc12. The summed E-state index contributed by atoms with van der Waals surface area (Å²) >= 11 is 0. The number of benzene rings is 3. The van der Waals surface area contributed by atoms with Gasteiger partial charge in [-0.2, -0.15) is 0 Å². The van der Waals surface area contributed by atoms with Crippen LogP contribution in [0.25, 0.3) is 21.5 Å². The molecule has 0 saturated carbocycles. The summed E-state index contributed by atoms with van der Waals surface area (Å²) in [4.78, 5) is 0. The zero-order valence-electron chi connectivity index (χ0n) is 11.2. The number of rotatable bonds is 2. The lowest BCUT2D eigenvalue weighted by Crippen LogP contribution is -1.91.